The minimum Gasteiger partial charge on any atom is -0.497 e. The summed E-state index contributed by atoms with van der Waals surface area (Å²) in [6, 6.07) is 10.9. The summed E-state index contributed by atoms with van der Waals surface area (Å²) < 4.78 is 5.08. The van der Waals surface area contributed by atoms with Gasteiger partial charge in [0, 0.05) is 6.21 Å². The van der Waals surface area contributed by atoms with Gasteiger partial charge in [-0.2, -0.15) is 0 Å². The van der Waals surface area contributed by atoms with E-state index >= 15 is 0 Å². The zero-order valence-electron chi connectivity index (χ0n) is 10.2. The summed E-state index contributed by atoms with van der Waals surface area (Å²) in [6.07, 6.45) is 1.72. The van der Waals surface area contributed by atoms with E-state index in [1.807, 2.05) is 24.3 Å². The normalized spacial score (nSPS) is 10.9. The molecule has 0 aliphatic heterocycles. The number of nitrogens with two attached hydrogens (primary N) is 1. The maximum absolute atomic E-state index is 5.94. The number of hydrogen-bond acceptors (Lipinski definition) is 3. The first-order valence-corrected chi connectivity index (χ1v) is 6.28. The molecule has 3 nitrogen and oxygen atoms in total. The summed E-state index contributed by atoms with van der Waals surface area (Å²) >= 11 is 11.9. The van der Waals surface area contributed by atoms with Crippen molar-refractivity contribution in [1.82, 2.24) is 0 Å². The number of rotatable bonds is 3. The highest BCUT2D eigenvalue weighted by molar-refractivity contribution is 6.39. The van der Waals surface area contributed by atoms with Crippen molar-refractivity contribution in [3.05, 3.63) is 52.0 Å². The van der Waals surface area contributed by atoms with Gasteiger partial charge in [-0.05, 0) is 42.0 Å². The predicted molar refractivity (Wildman–Crippen MR) is 81.1 cm³/mol. The molecule has 0 aliphatic carbocycles. The van der Waals surface area contributed by atoms with Gasteiger partial charge in [-0.15, -0.1) is 0 Å². The average molecular weight is 295 g/mol. The molecule has 2 aromatic carbocycles. The SMILES string of the molecule is COc1ccc(C=Nc2cc(Cl)c(N)c(Cl)c2)cc1. The first-order chi connectivity index (χ1) is 9.10. The first kappa shape index (κ1) is 13.7. The molecule has 0 saturated carbocycles. The molecule has 5 heteroatoms. The highest BCUT2D eigenvalue weighted by Gasteiger charge is 2.03. The fraction of sp³-hybridized carbons (Fsp3) is 0.0714. The highest BCUT2D eigenvalue weighted by Crippen LogP contribution is 2.32. The molecular weight excluding hydrogens is 283 g/mol. The molecule has 0 unspecified atom stereocenters. The number of aliphatic imine (C=N–C) groups is 1. The van der Waals surface area contributed by atoms with E-state index in [0.29, 0.717) is 21.4 Å². The Kier molecular flexibility index (Phi) is 4.30. The van der Waals surface area contributed by atoms with Gasteiger partial charge in [0.1, 0.15) is 5.75 Å². The Morgan fingerprint density at radius 3 is 2.21 bits per heavy atom. The molecule has 0 bridgehead atoms. The van der Waals surface area contributed by atoms with E-state index in [1.165, 1.54) is 0 Å². The molecule has 0 saturated heterocycles. The van der Waals surface area contributed by atoms with Crippen LogP contribution in [-0.4, -0.2) is 13.3 Å². The predicted octanol–water partition coefficient (Wildman–Crippen LogP) is 4.33. The summed E-state index contributed by atoms with van der Waals surface area (Å²) in [4.78, 5) is 4.30. The van der Waals surface area contributed by atoms with E-state index in [1.54, 1.807) is 25.5 Å². The summed E-state index contributed by atoms with van der Waals surface area (Å²) in [6.45, 7) is 0. The zero-order chi connectivity index (χ0) is 13.8. The highest BCUT2D eigenvalue weighted by atomic mass is 35.5. The number of ether oxygens (including phenoxy) is 1. The van der Waals surface area contributed by atoms with E-state index in [2.05, 4.69) is 4.99 Å². The van der Waals surface area contributed by atoms with Crippen LogP contribution in [0.3, 0.4) is 0 Å². The van der Waals surface area contributed by atoms with E-state index in [4.69, 9.17) is 33.7 Å². The molecule has 0 spiro atoms. The van der Waals surface area contributed by atoms with E-state index in [9.17, 15) is 0 Å². The fourth-order valence-electron chi connectivity index (χ4n) is 1.48. The van der Waals surface area contributed by atoms with Gasteiger partial charge in [0.15, 0.2) is 0 Å². The Bertz CT molecular complexity index is 586. The Labute approximate surface area is 121 Å². The van der Waals surface area contributed by atoms with Crippen LogP contribution in [0, 0.1) is 0 Å². The lowest BCUT2D eigenvalue weighted by Crippen LogP contribution is -1.87. The Morgan fingerprint density at radius 1 is 1.11 bits per heavy atom. The van der Waals surface area contributed by atoms with Gasteiger partial charge in [0.2, 0.25) is 0 Å². The second-order valence-corrected chi connectivity index (χ2v) is 4.67. The van der Waals surface area contributed by atoms with Crippen molar-refractivity contribution in [1.29, 1.82) is 0 Å². The Morgan fingerprint density at radius 2 is 1.68 bits per heavy atom. The molecule has 0 heterocycles. The number of halogens is 2. The number of hydrogen-bond donors (Lipinski definition) is 1. The lowest BCUT2D eigenvalue weighted by molar-refractivity contribution is 0.415. The number of methoxy groups -OCH3 is 1. The lowest BCUT2D eigenvalue weighted by Gasteiger charge is -2.02. The number of nitrogens with zero attached hydrogens (tertiary/aromatic N) is 1. The number of benzene rings is 2. The van der Waals surface area contributed by atoms with Crippen LogP contribution in [0.25, 0.3) is 0 Å². The molecule has 0 atom stereocenters. The Hall–Kier alpha value is -1.71. The Balaban J connectivity index is 2.22. The van der Waals surface area contributed by atoms with E-state index in [-0.39, 0.29) is 0 Å². The number of nitrogen functional groups attached to an aromatic ring is 1. The molecule has 0 aliphatic rings. The second-order valence-electron chi connectivity index (χ2n) is 3.85. The maximum atomic E-state index is 5.94. The van der Waals surface area contributed by atoms with Gasteiger partial charge in [-0.3, -0.25) is 4.99 Å². The molecule has 2 rings (SSSR count). The van der Waals surface area contributed by atoms with Crippen molar-refractivity contribution < 1.29 is 4.74 Å². The second kappa shape index (κ2) is 5.95. The van der Waals surface area contributed by atoms with Crippen molar-refractivity contribution in [2.24, 2.45) is 4.99 Å². The summed E-state index contributed by atoms with van der Waals surface area (Å²) in [7, 11) is 1.63. The average Bonchev–Trinajstić information content (AvgIpc) is 2.43. The monoisotopic (exact) mass is 294 g/mol. The first-order valence-electron chi connectivity index (χ1n) is 5.53. The molecule has 19 heavy (non-hydrogen) atoms. The molecule has 2 N–H and O–H groups in total. The van der Waals surface area contributed by atoms with Crippen LogP contribution in [-0.2, 0) is 0 Å². The largest absolute Gasteiger partial charge is 0.497 e. The van der Waals surface area contributed by atoms with Crippen LogP contribution in [0.1, 0.15) is 5.56 Å². The summed E-state index contributed by atoms with van der Waals surface area (Å²) in [5, 5.41) is 0.795. The van der Waals surface area contributed by atoms with Crippen LogP contribution < -0.4 is 10.5 Å². The van der Waals surface area contributed by atoms with Crippen molar-refractivity contribution in [2.75, 3.05) is 12.8 Å². The summed E-state index contributed by atoms with van der Waals surface area (Å²) in [5.74, 6) is 0.802. The third-order valence-electron chi connectivity index (χ3n) is 2.54. The molecule has 0 amide bonds. The van der Waals surface area contributed by atoms with Crippen molar-refractivity contribution in [2.45, 2.75) is 0 Å². The third-order valence-corrected chi connectivity index (χ3v) is 3.17. The quantitative estimate of drug-likeness (QED) is 0.676. The standard InChI is InChI=1S/C14H12Cl2N2O/c1-19-11-4-2-9(3-5-11)8-18-10-6-12(15)14(17)13(16)7-10/h2-8H,17H2,1H3. The molecule has 0 aromatic heterocycles. The van der Waals surface area contributed by atoms with E-state index in [0.717, 1.165) is 11.3 Å². The van der Waals surface area contributed by atoms with Gasteiger partial charge in [0.25, 0.3) is 0 Å². The minimum absolute atomic E-state index is 0.367. The van der Waals surface area contributed by atoms with Gasteiger partial charge in [-0.1, -0.05) is 23.2 Å². The van der Waals surface area contributed by atoms with Crippen LogP contribution in [0.5, 0.6) is 5.75 Å². The minimum atomic E-state index is 0.367. The molecule has 0 fully saturated rings. The van der Waals surface area contributed by atoms with Crippen LogP contribution in [0.15, 0.2) is 41.4 Å². The van der Waals surface area contributed by atoms with Crippen LogP contribution in [0.4, 0.5) is 11.4 Å². The number of anilines is 1. The van der Waals surface area contributed by atoms with Gasteiger partial charge < -0.3 is 10.5 Å². The fourth-order valence-corrected chi connectivity index (χ4v) is 1.96. The van der Waals surface area contributed by atoms with Gasteiger partial charge >= 0.3 is 0 Å². The molecule has 0 radical (unpaired) electrons. The van der Waals surface area contributed by atoms with Crippen LogP contribution in [0.2, 0.25) is 10.0 Å². The third kappa shape index (κ3) is 3.40. The molecular formula is C14H12Cl2N2O. The molecule has 98 valence electrons. The molecule has 2 aromatic rings. The topological polar surface area (TPSA) is 47.6 Å². The van der Waals surface area contributed by atoms with E-state index < -0.39 is 0 Å². The summed E-state index contributed by atoms with van der Waals surface area (Å²) in [5.41, 5.74) is 7.63. The lowest BCUT2D eigenvalue weighted by atomic mass is 10.2. The van der Waals surface area contributed by atoms with Crippen molar-refractivity contribution >= 4 is 40.8 Å². The van der Waals surface area contributed by atoms with Crippen molar-refractivity contribution in [3.63, 3.8) is 0 Å². The van der Waals surface area contributed by atoms with Gasteiger partial charge in [0.05, 0.1) is 28.5 Å². The smallest absolute Gasteiger partial charge is 0.118 e. The zero-order valence-corrected chi connectivity index (χ0v) is 11.7. The van der Waals surface area contributed by atoms with Crippen LogP contribution >= 0.6 is 23.2 Å². The maximum Gasteiger partial charge on any atom is 0.118 e. The van der Waals surface area contributed by atoms with Gasteiger partial charge in [-0.25, -0.2) is 0 Å². The van der Waals surface area contributed by atoms with Crippen molar-refractivity contribution in [3.8, 4) is 5.75 Å².